The first-order chi connectivity index (χ1) is 8.69. The van der Waals surface area contributed by atoms with Crippen molar-refractivity contribution in [2.24, 2.45) is 0 Å². The van der Waals surface area contributed by atoms with E-state index in [1.807, 2.05) is 18.2 Å². The van der Waals surface area contributed by atoms with E-state index in [1.54, 1.807) is 24.3 Å². The normalized spacial score (nSPS) is 9.78. The van der Waals surface area contributed by atoms with Crippen LogP contribution in [-0.4, -0.2) is 5.11 Å². The number of benzene rings is 2. The number of hydrogen-bond donors (Lipinski definition) is 1. The van der Waals surface area contributed by atoms with E-state index in [0.717, 1.165) is 14.9 Å². The molecule has 0 saturated carbocycles. The molecule has 0 amide bonds. The Kier molecular flexibility index (Phi) is 4.05. The molecule has 0 heterocycles. The third-order valence-corrected chi connectivity index (χ3v) is 3.19. The molecule has 2 aromatic carbocycles. The third-order valence-electron chi connectivity index (χ3n) is 2.34. The number of hydrogen-bond acceptors (Lipinski definition) is 3. The first kappa shape index (κ1) is 12.7. The molecular weight excluding hydrogens is 341 g/mol. The quantitative estimate of drug-likeness (QED) is 0.855. The van der Waals surface area contributed by atoms with E-state index in [2.05, 4.69) is 28.7 Å². The second kappa shape index (κ2) is 5.74. The van der Waals surface area contributed by atoms with Crippen molar-refractivity contribution < 1.29 is 9.84 Å². The molecule has 0 bridgehead atoms. The Morgan fingerprint density at radius 1 is 1.17 bits per heavy atom. The monoisotopic (exact) mass is 351 g/mol. The number of halogens is 1. The summed E-state index contributed by atoms with van der Waals surface area (Å²) in [4.78, 5) is 0. The molecule has 4 heteroatoms. The standard InChI is InChI=1S/C14H10INO2/c15-13-9-10(7-8-16)1-6-14(13)18-12-4-2-11(17)3-5-12/h1-6,9,17H,7H2. The minimum atomic E-state index is 0.210. The average Bonchev–Trinajstić information content (AvgIpc) is 2.36. The van der Waals surface area contributed by atoms with Gasteiger partial charge in [0.25, 0.3) is 0 Å². The van der Waals surface area contributed by atoms with Crippen LogP contribution in [0.3, 0.4) is 0 Å². The van der Waals surface area contributed by atoms with Crippen molar-refractivity contribution in [3.63, 3.8) is 0 Å². The second-order valence-corrected chi connectivity index (χ2v) is 4.86. The SMILES string of the molecule is N#CCc1ccc(Oc2ccc(O)cc2)c(I)c1. The van der Waals surface area contributed by atoms with Crippen LogP contribution in [0.25, 0.3) is 0 Å². The van der Waals surface area contributed by atoms with Crippen LogP contribution in [0.1, 0.15) is 5.56 Å². The van der Waals surface area contributed by atoms with Crippen LogP contribution in [0.5, 0.6) is 17.2 Å². The largest absolute Gasteiger partial charge is 0.508 e. The van der Waals surface area contributed by atoms with Gasteiger partial charge in [0.05, 0.1) is 16.1 Å². The van der Waals surface area contributed by atoms with Crippen molar-refractivity contribution >= 4 is 22.6 Å². The van der Waals surface area contributed by atoms with E-state index in [1.165, 1.54) is 0 Å². The van der Waals surface area contributed by atoms with Crippen molar-refractivity contribution in [1.82, 2.24) is 0 Å². The van der Waals surface area contributed by atoms with Gasteiger partial charge in [-0.05, 0) is 64.6 Å². The first-order valence-corrected chi connectivity index (χ1v) is 6.39. The molecule has 0 unspecified atom stereocenters. The van der Waals surface area contributed by atoms with Crippen LogP contribution in [0.15, 0.2) is 42.5 Å². The van der Waals surface area contributed by atoms with Crippen molar-refractivity contribution in [1.29, 1.82) is 5.26 Å². The summed E-state index contributed by atoms with van der Waals surface area (Å²) in [7, 11) is 0. The summed E-state index contributed by atoms with van der Waals surface area (Å²) >= 11 is 2.18. The summed E-state index contributed by atoms with van der Waals surface area (Å²) in [6.07, 6.45) is 0.398. The number of phenols is 1. The number of rotatable bonds is 3. The van der Waals surface area contributed by atoms with E-state index >= 15 is 0 Å². The molecule has 1 N–H and O–H groups in total. The second-order valence-electron chi connectivity index (χ2n) is 3.70. The molecule has 3 nitrogen and oxygen atoms in total. The smallest absolute Gasteiger partial charge is 0.140 e. The van der Waals surface area contributed by atoms with Gasteiger partial charge in [0.2, 0.25) is 0 Å². The summed E-state index contributed by atoms with van der Waals surface area (Å²) in [5, 5.41) is 17.8. The van der Waals surface area contributed by atoms with Crippen LogP contribution >= 0.6 is 22.6 Å². The molecule has 0 atom stereocenters. The lowest BCUT2D eigenvalue weighted by molar-refractivity contribution is 0.463. The first-order valence-electron chi connectivity index (χ1n) is 5.31. The van der Waals surface area contributed by atoms with E-state index in [-0.39, 0.29) is 5.75 Å². The number of nitriles is 1. The van der Waals surface area contributed by atoms with Crippen molar-refractivity contribution in [2.75, 3.05) is 0 Å². The highest BCUT2D eigenvalue weighted by molar-refractivity contribution is 14.1. The maximum Gasteiger partial charge on any atom is 0.140 e. The Morgan fingerprint density at radius 3 is 2.50 bits per heavy atom. The summed E-state index contributed by atoms with van der Waals surface area (Å²) < 4.78 is 6.65. The lowest BCUT2D eigenvalue weighted by Gasteiger charge is -2.08. The molecule has 0 aromatic heterocycles. The molecular formula is C14H10INO2. The van der Waals surface area contributed by atoms with Gasteiger partial charge in [-0.3, -0.25) is 0 Å². The molecule has 18 heavy (non-hydrogen) atoms. The molecule has 0 spiro atoms. The molecule has 0 aliphatic rings. The summed E-state index contributed by atoms with van der Waals surface area (Å²) in [5.74, 6) is 1.61. The molecule has 2 rings (SSSR count). The Balaban J connectivity index is 2.19. The van der Waals surface area contributed by atoms with Crippen LogP contribution < -0.4 is 4.74 Å². The minimum Gasteiger partial charge on any atom is -0.508 e. The summed E-state index contributed by atoms with van der Waals surface area (Å²) in [6, 6.07) is 14.3. The Labute approximate surface area is 119 Å². The Hall–Kier alpha value is -1.74. The highest BCUT2D eigenvalue weighted by Crippen LogP contribution is 2.28. The summed E-state index contributed by atoms with van der Waals surface area (Å²) in [6.45, 7) is 0. The fraction of sp³-hybridized carbons (Fsp3) is 0.0714. The van der Waals surface area contributed by atoms with Gasteiger partial charge >= 0.3 is 0 Å². The predicted molar refractivity (Wildman–Crippen MR) is 76.7 cm³/mol. The van der Waals surface area contributed by atoms with Gasteiger partial charge in [0.1, 0.15) is 17.2 Å². The zero-order valence-corrected chi connectivity index (χ0v) is 11.6. The molecule has 0 saturated heterocycles. The fourth-order valence-electron chi connectivity index (χ4n) is 1.47. The Bertz CT molecular complexity index is 588. The van der Waals surface area contributed by atoms with Crippen LogP contribution in [-0.2, 0) is 6.42 Å². The number of aromatic hydroxyl groups is 1. The van der Waals surface area contributed by atoms with Gasteiger partial charge < -0.3 is 9.84 Å². The van der Waals surface area contributed by atoms with Crippen molar-refractivity contribution in [2.45, 2.75) is 6.42 Å². The Morgan fingerprint density at radius 2 is 1.89 bits per heavy atom. The van der Waals surface area contributed by atoms with Gasteiger partial charge in [0, 0.05) is 0 Å². The predicted octanol–water partition coefficient (Wildman–Crippen LogP) is 3.86. The number of phenolic OH excluding ortho intramolecular Hbond substituents is 1. The topological polar surface area (TPSA) is 53.2 Å². The lowest BCUT2D eigenvalue weighted by atomic mass is 10.2. The van der Waals surface area contributed by atoms with Crippen LogP contribution in [0.4, 0.5) is 0 Å². The molecule has 90 valence electrons. The maximum atomic E-state index is 9.19. The average molecular weight is 351 g/mol. The lowest BCUT2D eigenvalue weighted by Crippen LogP contribution is -1.89. The van der Waals surface area contributed by atoms with Crippen molar-refractivity contribution in [3.05, 3.63) is 51.6 Å². The third kappa shape index (κ3) is 3.14. The molecule has 0 aliphatic carbocycles. The van der Waals surface area contributed by atoms with E-state index in [9.17, 15) is 5.11 Å². The van der Waals surface area contributed by atoms with Gasteiger partial charge in [-0.2, -0.15) is 5.26 Å². The van der Waals surface area contributed by atoms with Gasteiger partial charge in [-0.1, -0.05) is 6.07 Å². The van der Waals surface area contributed by atoms with Crippen LogP contribution in [0, 0.1) is 14.9 Å². The van der Waals surface area contributed by atoms with Crippen molar-refractivity contribution in [3.8, 4) is 23.3 Å². The maximum absolute atomic E-state index is 9.19. The number of nitrogens with zero attached hydrogens (tertiary/aromatic N) is 1. The molecule has 2 aromatic rings. The fourth-order valence-corrected chi connectivity index (χ4v) is 2.16. The molecule has 0 aliphatic heterocycles. The minimum absolute atomic E-state index is 0.210. The van der Waals surface area contributed by atoms with Gasteiger partial charge in [0.15, 0.2) is 0 Å². The van der Waals surface area contributed by atoms with Gasteiger partial charge in [-0.25, -0.2) is 0 Å². The zero-order chi connectivity index (χ0) is 13.0. The van der Waals surface area contributed by atoms with E-state index in [0.29, 0.717) is 12.2 Å². The van der Waals surface area contributed by atoms with Crippen LogP contribution in [0.2, 0.25) is 0 Å². The highest BCUT2D eigenvalue weighted by atomic mass is 127. The highest BCUT2D eigenvalue weighted by Gasteiger charge is 2.04. The van der Waals surface area contributed by atoms with E-state index < -0.39 is 0 Å². The zero-order valence-electron chi connectivity index (χ0n) is 9.43. The van der Waals surface area contributed by atoms with E-state index in [4.69, 9.17) is 10.00 Å². The van der Waals surface area contributed by atoms with Gasteiger partial charge in [-0.15, -0.1) is 0 Å². The molecule has 0 radical (unpaired) electrons. The number of ether oxygens (including phenoxy) is 1. The molecule has 0 fully saturated rings. The summed E-state index contributed by atoms with van der Waals surface area (Å²) in [5.41, 5.74) is 0.972.